The molecule has 146 valence electrons. The second-order valence-electron chi connectivity index (χ2n) is 6.55. The van der Waals surface area contributed by atoms with Crippen LogP contribution in [0.2, 0.25) is 0 Å². The molecule has 0 bridgehead atoms. The van der Waals surface area contributed by atoms with E-state index in [1.807, 2.05) is 37.3 Å². The van der Waals surface area contributed by atoms with Gasteiger partial charge in [-0.1, -0.05) is 36.4 Å². The SMILES string of the molecule is Cc1ccccc1NS(=O)(=O)c1ccc(NC(=O)c2cc3ccccc3o2)cc1. The summed E-state index contributed by atoms with van der Waals surface area (Å²) in [5.41, 5.74) is 2.44. The van der Waals surface area contributed by atoms with Crippen molar-refractivity contribution in [3.8, 4) is 0 Å². The van der Waals surface area contributed by atoms with Gasteiger partial charge < -0.3 is 9.73 Å². The highest BCUT2D eigenvalue weighted by Crippen LogP contribution is 2.22. The minimum atomic E-state index is -3.73. The molecule has 0 fully saturated rings. The van der Waals surface area contributed by atoms with Gasteiger partial charge in [0.2, 0.25) is 0 Å². The Hall–Kier alpha value is -3.58. The molecule has 7 heteroatoms. The zero-order valence-corrected chi connectivity index (χ0v) is 16.4. The van der Waals surface area contributed by atoms with Gasteiger partial charge in [-0.15, -0.1) is 0 Å². The van der Waals surface area contributed by atoms with E-state index >= 15 is 0 Å². The van der Waals surface area contributed by atoms with E-state index in [4.69, 9.17) is 4.42 Å². The van der Waals surface area contributed by atoms with Gasteiger partial charge >= 0.3 is 0 Å². The molecule has 29 heavy (non-hydrogen) atoms. The summed E-state index contributed by atoms with van der Waals surface area (Å²) in [5.74, 6) is -0.223. The molecule has 0 spiro atoms. The molecule has 4 rings (SSSR count). The number of amides is 1. The quantitative estimate of drug-likeness (QED) is 0.499. The van der Waals surface area contributed by atoms with Crippen molar-refractivity contribution >= 4 is 38.3 Å². The van der Waals surface area contributed by atoms with Gasteiger partial charge in [-0.05, 0) is 55.0 Å². The number of carbonyl (C=O) groups excluding carboxylic acids is 1. The van der Waals surface area contributed by atoms with E-state index in [0.29, 0.717) is 17.0 Å². The highest BCUT2D eigenvalue weighted by atomic mass is 32.2. The van der Waals surface area contributed by atoms with Crippen molar-refractivity contribution in [2.45, 2.75) is 11.8 Å². The Labute approximate surface area is 168 Å². The first-order valence-electron chi connectivity index (χ1n) is 8.91. The third-order valence-electron chi connectivity index (χ3n) is 4.46. The van der Waals surface area contributed by atoms with Crippen LogP contribution in [0.5, 0.6) is 0 Å². The summed E-state index contributed by atoms with van der Waals surface area (Å²) in [6.45, 7) is 1.83. The summed E-state index contributed by atoms with van der Waals surface area (Å²) in [6, 6.07) is 22.1. The lowest BCUT2D eigenvalue weighted by Gasteiger charge is -2.11. The highest BCUT2D eigenvalue weighted by Gasteiger charge is 2.16. The number of nitrogens with one attached hydrogen (secondary N) is 2. The molecule has 1 aromatic heterocycles. The van der Waals surface area contributed by atoms with Gasteiger partial charge in [0.05, 0.1) is 10.6 Å². The number of anilines is 2. The first kappa shape index (κ1) is 18.8. The van der Waals surface area contributed by atoms with Gasteiger partial charge in [0.1, 0.15) is 5.58 Å². The first-order chi connectivity index (χ1) is 13.9. The predicted molar refractivity (Wildman–Crippen MR) is 113 cm³/mol. The monoisotopic (exact) mass is 406 g/mol. The van der Waals surface area contributed by atoms with E-state index in [9.17, 15) is 13.2 Å². The van der Waals surface area contributed by atoms with Crippen LogP contribution >= 0.6 is 0 Å². The van der Waals surface area contributed by atoms with Crippen molar-refractivity contribution in [1.82, 2.24) is 0 Å². The van der Waals surface area contributed by atoms with Crippen LogP contribution in [0, 0.1) is 6.92 Å². The fourth-order valence-electron chi connectivity index (χ4n) is 2.89. The van der Waals surface area contributed by atoms with Gasteiger partial charge in [-0.2, -0.15) is 0 Å². The Balaban J connectivity index is 1.50. The van der Waals surface area contributed by atoms with E-state index in [-0.39, 0.29) is 10.7 Å². The molecule has 1 amide bonds. The van der Waals surface area contributed by atoms with Crippen molar-refractivity contribution in [1.29, 1.82) is 0 Å². The molecular weight excluding hydrogens is 388 g/mol. The highest BCUT2D eigenvalue weighted by molar-refractivity contribution is 7.92. The molecule has 0 unspecified atom stereocenters. The van der Waals surface area contributed by atoms with Crippen LogP contribution < -0.4 is 10.0 Å². The lowest BCUT2D eigenvalue weighted by molar-refractivity contribution is 0.0998. The third kappa shape index (κ3) is 4.00. The van der Waals surface area contributed by atoms with Gasteiger partial charge in [0.25, 0.3) is 15.9 Å². The molecule has 6 nitrogen and oxygen atoms in total. The fraction of sp³-hybridized carbons (Fsp3) is 0.0455. The van der Waals surface area contributed by atoms with Crippen molar-refractivity contribution in [3.63, 3.8) is 0 Å². The van der Waals surface area contributed by atoms with Crippen molar-refractivity contribution < 1.29 is 17.6 Å². The van der Waals surface area contributed by atoms with Crippen LogP contribution in [0.3, 0.4) is 0 Å². The molecule has 0 aliphatic carbocycles. The number of para-hydroxylation sites is 2. The average molecular weight is 406 g/mol. The summed E-state index contributed by atoms with van der Waals surface area (Å²) >= 11 is 0. The number of benzene rings is 3. The van der Waals surface area contributed by atoms with Gasteiger partial charge in [-0.3, -0.25) is 9.52 Å². The number of carbonyl (C=O) groups is 1. The lowest BCUT2D eigenvalue weighted by Crippen LogP contribution is -2.14. The van der Waals surface area contributed by atoms with Crippen LogP contribution in [0.25, 0.3) is 11.0 Å². The number of fused-ring (bicyclic) bond motifs is 1. The summed E-state index contributed by atoms with van der Waals surface area (Å²) in [4.78, 5) is 12.5. The fourth-order valence-corrected chi connectivity index (χ4v) is 4.03. The molecule has 3 aromatic carbocycles. The van der Waals surface area contributed by atoms with Crippen molar-refractivity contribution in [3.05, 3.63) is 90.2 Å². The largest absolute Gasteiger partial charge is 0.451 e. The molecule has 0 radical (unpaired) electrons. The van der Waals surface area contributed by atoms with Crippen LogP contribution in [0.1, 0.15) is 16.1 Å². The lowest BCUT2D eigenvalue weighted by atomic mass is 10.2. The van der Waals surface area contributed by atoms with Gasteiger partial charge in [0, 0.05) is 11.1 Å². The smallest absolute Gasteiger partial charge is 0.291 e. The Bertz CT molecular complexity index is 1260. The third-order valence-corrected chi connectivity index (χ3v) is 5.84. The van der Waals surface area contributed by atoms with Crippen LogP contribution in [-0.4, -0.2) is 14.3 Å². The van der Waals surface area contributed by atoms with Gasteiger partial charge in [-0.25, -0.2) is 8.42 Å². The number of hydrogen-bond acceptors (Lipinski definition) is 4. The summed E-state index contributed by atoms with van der Waals surface area (Å²) in [7, 11) is -3.73. The summed E-state index contributed by atoms with van der Waals surface area (Å²) in [6.07, 6.45) is 0. The van der Waals surface area contributed by atoms with E-state index in [0.717, 1.165) is 10.9 Å². The number of aryl methyl sites for hydroxylation is 1. The van der Waals surface area contributed by atoms with E-state index < -0.39 is 15.9 Å². The Morgan fingerprint density at radius 3 is 2.31 bits per heavy atom. The second-order valence-corrected chi connectivity index (χ2v) is 8.23. The maximum atomic E-state index is 12.6. The predicted octanol–water partition coefficient (Wildman–Crippen LogP) is 4.79. The zero-order chi connectivity index (χ0) is 20.4. The standard InChI is InChI=1S/C22H18N2O4S/c1-15-6-2-4-8-19(15)24-29(26,27)18-12-10-17(11-13-18)23-22(25)21-14-16-7-3-5-9-20(16)28-21/h2-14,24H,1H3,(H,23,25). The summed E-state index contributed by atoms with van der Waals surface area (Å²) in [5, 5.41) is 3.54. The molecule has 0 aliphatic rings. The Morgan fingerprint density at radius 1 is 0.897 bits per heavy atom. The Morgan fingerprint density at radius 2 is 1.59 bits per heavy atom. The van der Waals surface area contributed by atoms with Crippen LogP contribution in [0.15, 0.2) is 88.2 Å². The molecule has 0 saturated carbocycles. The number of furan rings is 1. The van der Waals surface area contributed by atoms with E-state index in [1.165, 1.54) is 24.3 Å². The molecule has 0 atom stereocenters. The van der Waals surface area contributed by atoms with Crippen LogP contribution in [0.4, 0.5) is 11.4 Å². The van der Waals surface area contributed by atoms with Crippen molar-refractivity contribution in [2.75, 3.05) is 10.0 Å². The van der Waals surface area contributed by atoms with Gasteiger partial charge in [0.15, 0.2) is 5.76 Å². The van der Waals surface area contributed by atoms with Crippen LogP contribution in [-0.2, 0) is 10.0 Å². The molecule has 0 saturated heterocycles. The molecular formula is C22H18N2O4S. The maximum absolute atomic E-state index is 12.6. The van der Waals surface area contributed by atoms with Crippen molar-refractivity contribution in [2.24, 2.45) is 0 Å². The molecule has 2 N–H and O–H groups in total. The van der Waals surface area contributed by atoms with E-state index in [1.54, 1.807) is 24.3 Å². The molecule has 0 aliphatic heterocycles. The topological polar surface area (TPSA) is 88.4 Å². The zero-order valence-electron chi connectivity index (χ0n) is 15.5. The second kappa shape index (κ2) is 7.44. The normalized spacial score (nSPS) is 11.3. The van der Waals surface area contributed by atoms with E-state index in [2.05, 4.69) is 10.0 Å². The Kier molecular flexibility index (Phi) is 4.82. The maximum Gasteiger partial charge on any atom is 0.291 e. The summed E-state index contributed by atoms with van der Waals surface area (Å²) < 4.78 is 33.3. The average Bonchev–Trinajstić information content (AvgIpc) is 3.14. The first-order valence-corrected chi connectivity index (χ1v) is 10.4. The minimum Gasteiger partial charge on any atom is -0.451 e. The molecule has 1 heterocycles. The minimum absolute atomic E-state index is 0.0995. The number of hydrogen-bond donors (Lipinski definition) is 2. The molecule has 4 aromatic rings. The number of sulfonamides is 1. The number of rotatable bonds is 5.